The van der Waals surface area contributed by atoms with Gasteiger partial charge in [-0.15, -0.1) is 39.5 Å². The van der Waals surface area contributed by atoms with Crippen molar-refractivity contribution >= 4 is 5.97 Å². The molecule has 0 heterocycles. The van der Waals surface area contributed by atoms with Crippen LogP contribution in [-0.4, -0.2) is 36.7 Å². The number of carbonyl (C=O) groups is 1. The van der Waals surface area contributed by atoms with Crippen molar-refractivity contribution in [3.05, 3.63) is 17.7 Å². The Morgan fingerprint density at radius 2 is 1.45 bits per heavy atom. The van der Waals surface area contributed by atoms with Gasteiger partial charge in [-0.05, 0) is 36.8 Å². The van der Waals surface area contributed by atoms with Gasteiger partial charge in [0.2, 0.25) is 5.75 Å². The zero-order valence-electron chi connectivity index (χ0n) is 16.9. The fourth-order valence-corrected chi connectivity index (χ4v) is 2.97. The molecule has 1 aromatic rings. The third kappa shape index (κ3) is 10.7. The van der Waals surface area contributed by atoms with Crippen LogP contribution in [0, 0.1) is 11.8 Å². The predicted octanol–water partition coefficient (Wildman–Crippen LogP) is 5.39. The zero-order chi connectivity index (χ0) is 25.6. The molecule has 33 heavy (non-hydrogen) atoms. The molecule has 15 heteroatoms. The van der Waals surface area contributed by atoms with Crippen LogP contribution in [0.5, 0.6) is 17.2 Å². The lowest BCUT2D eigenvalue weighted by Gasteiger charge is -2.22. The summed E-state index contributed by atoms with van der Waals surface area (Å²) in [5, 5.41) is 9.00. The molecule has 2 unspecified atom stereocenters. The quantitative estimate of drug-likeness (QED) is 0.395. The topological polar surface area (TPSA) is 91.0 Å². The third-order valence-corrected chi connectivity index (χ3v) is 4.28. The lowest BCUT2D eigenvalue weighted by Crippen LogP contribution is -2.25. The first-order valence-corrected chi connectivity index (χ1v) is 9.27. The van der Waals surface area contributed by atoms with Crippen molar-refractivity contribution in [1.29, 1.82) is 0 Å². The Balaban J connectivity index is 3.22. The van der Waals surface area contributed by atoms with E-state index in [0.29, 0.717) is 12.1 Å². The van der Waals surface area contributed by atoms with E-state index in [4.69, 9.17) is 10.8 Å². The zero-order valence-corrected chi connectivity index (χ0v) is 16.9. The maximum Gasteiger partial charge on any atom is 0.573 e. The Hall–Kier alpha value is -2.58. The molecule has 0 spiro atoms. The highest BCUT2D eigenvalue weighted by atomic mass is 19.4. The number of aliphatic carboxylic acids is 1. The van der Waals surface area contributed by atoms with Crippen LogP contribution in [0.1, 0.15) is 31.7 Å². The Morgan fingerprint density at radius 1 is 0.939 bits per heavy atom. The molecule has 1 rings (SSSR count). The van der Waals surface area contributed by atoms with E-state index in [1.165, 1.54) is 0 Å². The summed E-state index contributed by atoms with van der Waals surface area (Å²) in [4.78, 5) is 11.0. The molecule has 0 aromatic heterocycles. The van der Waals surface area contributed by atoms with E-state index in [1.807, 2.05) is 0 Å². The van der Waals surface area contributed by atoms with Crippen molar-refractivity contribution in [2.45, 2.75) is 51.7 Å². The van der Waals surface area contributed by atoms with Crippen molar-refractivity contribution in [3.63, 3.8) is 0 Å². The minimum Gasteiger partial charge on any atom is -0.481 e. The first-order valence-electron chi connectivity index (χ1n) is 9.27. The van der Waals surface area contributed by atoms with Gasteiger partial charge in [0.15, 0.2) is 11.5 Å². The number of halogens is 9. The Labute approximate surface area is 181 Å². The molecule has 2 atom stereocenters. The number of nitrogens with two attached hydrogens (primary N) is 1. The Kier molecular flexibility index (Phi) is 9.51. The first-order chi connectivity index (χ1) is 14.9. The number of alkyl halides is 9. The van der Waals surface area contributed by atoms with Crippen LogP contribution in [0.15, 0.2) is 12.1 Å². The minimum absolute atomic E-state index is 0.0389. The number of benzene rings is 1. The molecule has 6 nitrogen and oxygen atoms in total. The van der Waals surface area contributed by atoms with Gasteiger partial charge >= 0.3 is 25.1 Å². The van der Waals surface area contributed by atoms with Crippen LogP contribution < -0.4 is 19.9 Å². The summed E-state index contributed by atoms with van der Waals surface area (Å²) in [6.45, 7) is 1.49. The number of hydrogen-bond donors (Lipinski definition) is 2. The Morgan fingerprint density at radius 3 is 1.91 bits per heavy atom. The average molecular weight is 501 g/mol. The van der Waals surface area contributed by atoms with Crippen LogP contribution >= 0.6 is 0 Å². The lowest BCUT2D eigenvalue weighted by atomic mass is 9.91. The molecule has 0 amide bonds. The van der Waals surface area contributed by atoms with E-state index in [9.17, 15) is 44.3 Å². The largest absolute Gasteiger partial charge is 0.573 e. The van der Waals surface area contributed by atoms with E-state index in [1.54, 1.807) is 6.92 Å². The van der Waals surface area contributed by atoms with Crippen molar-refractivity contribution in [2.24, 2.45) is 17.6 Å². The van der Waals surface area contributed by atoms with E-state index in [-0.39, 0.29) is 38.1 Å². The fourth-order valence-electron chi connectivity index (χ4n) is 2.97. The highest BCUT2D eigenvalue weighted by Crippen LogP contribution is 2.47. The van der Waals surface area contributed by atoms with Gasteiger partial charge in [-0.3, -0.25) is 4.79 Å². The van der Waals surface area contributed by atoms with Crippen molar-refractivity contribution in [1.82, 2.24) is 0 Å². The smallest absolute Gasteiger partial charge is 0.481 e. The van der Waals surface area contributed by atoms with E-state index in [2.05, 4.69) is 14.2 Å². The summed E-state index contributed by atoms with van der Waals surface area (Å²) < 4.78 is 125. The van der Waals surface area contributed by atoms with E-state index >= 15 is 0 Å². The summed E-state index contributed by atoms with van der Waals surface area (Å²) in [6.07, 6.45) is -16.7. The highest BCUT2D eigenvalue weighted by molar-refractivity contribution is 5.70. The second-order valence-corrected chi connectivity index (χ2v) is 7.03. The molecule has 0 saturated carbocycles. The Bertz CT molecular complexity index is 793. The second-order valence-electron chi connectivity index (χ2n) is 7.03. The van der Waals surface area contributed by atoms with E-state index in [0.717, 1.165) is 0 Å². The van der Waals surface area contributed by atoms with Gasteiger partial charge in [0.25, 0.3) is 0 Å². The maximum atomic E-state index is 12.8. The number of ether oxygens (including phenoxy) is 3. The van der Waals surface area contributed by atoms with Crippen LogP contribution in [0.25, 0.3) is 0 Å². The highest BCUT2D eigenvalue weighted by Gasteiger charge is 2.41. The summed E-state index contributed by atoms with van der Waals surface area (Å²) in [5.41, 5.74) is 4.82. The second kappa shape index (κ2) is 11.0. The number of carboxylic acid groups (broad SMARTS) is 1. The van der Waals surface area contributed by atoms with Gasteiger partial charge < -0.3 is 25.1 Å². The molecule has 0 radical (unpaired) electrons. The van der Waals surface area contributed by atoms with Crippen molar-refractivity contribution < 1.29 is 63.6 Å². The predicted molar refractivity (Wildman–Crippen MR) is 93.4 cm³/mol. The van der Waals surface area contributed by atoms with Crippen molar-refractivity contribution in [2.75, 3.05) is 6.54 Å². The molecule has 190 valence electrons. The van der Waals surface area contributed by atoms with Gasteiger partial charge in [-0.1, -0.05) is 19.4 Å². The standard InChI is InChI=1S/C18H20F9NO5/c1-9(7-11(8-28)15(29)30)3-2-4-10-5-6-12(31-16(19,20)21)14(33-18(25,26)27)13(10)32-17(22,23)24/h5-6,9,11H,2-4,7-8,28H2,1H3,(H,29,30). The van der Waals surface area contributed by atoms with Crippen molar-refractivity contribution in [3.8, 4) is 17.2 Å². The molecule has 0 aliphatic rings. The van der Waals surface area contributed by atoms with Gasteiger partial charge in [0.05, 0.1) is 5.92 Å². The van der Waals surface area contributed by atoms with Crippen LogP contribution in [0.2, 0.25) is 0 Å². The average Bonchev–Trinajstić information content (AvgIpc) is 2.60. The molecule has 1 aromatic carbocycles. The lowest BCUT2D eigenvalue weighted by molar-refractivity contribution is -0.293. The van der Waals surface area contributed by atoms with Gasteiger partial charge in [-0.25, -0.2) is 0 Å². The number of carboxylic acids is 1. The SMILES string of the molecule is CC(CCCc1ccc(OC(F)(F)F)c(OC(F)(F)F)c1OC(F)(F)F)CC(CN)C(=O)O. The molecule has 0 aliphatic carbocycles. The number of aryl methyl sites for hydroxylation is 1. The molecule has 0 bridgehead atoms. The maximum absolute atomic E-state index is 12.8. The summed E-state index contributed by atoms with van der Waals surface area (Å²) in [7, 11) is 0. The summed E-state index contributed by atoms with van der Waals surface area (Å²) in [5.74, 6) is -7.52. The minimum atomic E-state index is -5.66. The fraction of sp³-hybridized carbons (Fsp3) is 0.611. The molecule has 0 aliphatic heterocycles. The molecule has 0 saturated heterocycles. The van der Waals surface area contributed by atoms with Crippen LogP contribution in [-0.2, 0) is 11.2 Å². The molecule has 3 N–H and O–H groups in total. The van der Waals surface area contributed by atoms with Crippen LogP contribution in [0.4, 0.5) is 39.5 Å². The summed E-state index contributed by atoms with van der Waals surface area (Å²) >= 11 is 0. The van der Waals surface area contributed by atoms with Crippen LogP contribution in [0.3, 0.4) is 0 Å². The third-order valence-electron chi connectivity index (χ3n) is 4.28. The normalized spacial score (nSPS) is 14.5. The molecular weight excluding hydrogens is 481 g/mol. The monoisotopic (exact) mass is 501 g/mol. The number of hydrogen-bond acceptors (Lipinski definition) is 5. The molecular formula is C18H20F9NO5. The molecule has 0 fully saturated rings. The van der Waals surface area contributed by atoms with Gasteiger partial charge in [0, 0.05) is 6.54 Å². The van der Waals surface area contributed by atoms with Gasteiger partial charge in [-0.2, -0.15) is 0 Å². The number of rotatable bonds is 11. The van der Waals surface area contributed by atoms with E-state index < -0.39 is 53.8 Å². The first kappa shape index (κ1) is 28.5. The summed E-state index contributed by atoms with van der Waals surface area (Å²) in [6, 6.07) is 1.07. The van der Waals surface area contributed by atoms with Gasteiger partial charge in [0.1, 0.15) is 0 Å².